The van der Waals surface area contributed by atoms with Gasteiger partial charge in [0.25, 0.3) is 15.9 Å². The lowest BCUT2D eigenvalue weighted by molar-refractivity contribution is 0.0530. The van der Waals surface area contributed by atoms with Crippen LogP contribution in [0, 0.1) is 0 Å². The molecule has 0 saturated carbocycles. The van der Waals surface area contributed by atoms with Crippen LogP contribution in [0.2, 0.25) is 0 Å². The Balaban J connectivity index is 2.33. The molecule has 1 amide bonds. The van der Waals surface area contributed by atoms with Crippen LogP contribution >= 0.6 is 0 Å². The number of amides is 1. The van der Waals surface area contributed by atoms with Crippen LogP contribution in [0.3, 0.4) is 0 Å². The van der Waals surface area contributed by atoms with E-state index in [4.69, 9.17) is 5.14 Å². The Bertz CT molecular complexity index is 1060. The number of sulfonamides is 2. The fourth-order valence-corrected chi connectivity index (χ4v) is 4.68. The van der Waals surface area contributed by atoms with E-state index >= 15 is 0 Å². The Morgan fingerprint density at radius 1 is 1.04 bits per heavy atom. The zero-order valence-corrected chi connectivity index (χ0v) is 16.3. The molecular formula is C17H20N2O6S2. The van der Waals surface area contributed by atoms with Crippen molar-refractivity contribution >= 4 is 26.0 Å². The first-order chi connectivity index (χ1) is 12.4. The van der Waals surface area contributed by atoms with Crippen LogP contribution in [-0.2, 0) is 25.6 Å². The van der Waals surface area contributed by atoms with Gasteiger partial charge in [-0.05, 0) is 43.2 Å². The molecule has 8 nitrogen and oxygen atoms in total. The molecule has 4 N–H and O–H groups in total. The van der Waals surface area contributed by atoms with E-state index in [0.29, 0.717) is 12.0 Å². The summed E-state index contributed by atoms with van der Waals surface area (Å²) >= 11 is 0. The molecule has 2 rings (SSSR count). The summed E-state index contributed by atoms with van der Waals surface area (Å²) < 4.78 is 49.9. The van der Waals surface area contributed by atoms with Crippen LogP contribution in [0.5, 0.6) is 0 Å². The highest BCUT2D eigenvalue weighted by molar-refractivity contribution is 7.92. The molecule has 0 aliphatic heterocycles. The van der Waals surface area contributed by atoms with E-state index in [0.717, 1.165) is 12.1 Å². The molecule has 0 heterocycles. The maximum Gasteiger partial charge on any atom is 0.265 e. The molecule has 0 spiro atoms. The summed E-state index contributed by atoms with van der Waals surface area (Å²) in [5.74, 6) is -0.943. The van der Waals surface area contributed by atoms with Crippen molar-refractivity contribution in [3.63, 3.8) is 0 Å². The molecule has 0 radical (unpaired) electrons. The second-order valence-electron chi connectivity index (χ2n) is 6.13. The fraction of sp³-hybridized carbons (Fsp3) is 0.235. The average Bonchev–Trinajstić information content (AvgIpc) is 2.60. The Kier molecular flexibility index (Phi) is 5.76. The van der Waals surface area contributed by atoms with E-state index in [9.17, 15) is 26.7 Å². The third kappa shape index (κ3) is 4.72. The largest absolute Gasteiger partial charge is 0.385 e. The lowest BCUT2D eigenvalue weighted by Gasteiger charge is -2.21. The molecule has 1 unspecified atom stereocenters. The number of primary sulfonamides is 1. The van der Waals surface area contributed by atoms with Crippen LogP contribution in [0.15, 0.2) is 58.3 Å². The van der Waals surface area contributed by atoms with Gasteiger partial charge in [-0.3, -0.25) is 4.79 Å². The molecule has 0 saturated heterocycles. The highest BCUT2D eigenvalue weighted by Gasteiger charge is 2.26. The van der Waals surface area contributed by atoms with Crippen molar-refractivity contribution in [1.29, 1.82) is 0 Å². The highest BCUT2D eigenvalue weighted by atomic mass is 32.2. The Labute approximate surface area is 158 Å². The van der Waals surface area contributed by atoms with E-state index in [1.54, 1.807) is 13.8 Å². The van der Waals surface area contributed by atoms with E-state index in [1.807, 2.05) is 4.72 Å². The van der Waals surface area contributed by atoms with E-state index in [2.05, 4.69) is 0 Å². The number of benzene rings is 2. The van der Waals surface area contributed by atoms with Gasteiger partial charge in [0, 0.05) is 5.56 Å². The molecule has 146 valence electrons. The van der Waals surface area contributed by atoms with Crippen molar-refractivity contribution in [2.24, 2.45) is 5.14 Å². The zero-order chi connectivity index (χ0) is 20.5. The zero-order valence-electron chi connectivity index (χ0n) is 14.7. The lowest BCUT2D eigenvalue weighted by atomic mass is 9.93. The van der Waals surface area contributed by atoms with Gasteiger partial charge in [0.1, 0.15) is 9.79 Å². The first-order valence-corrected chi connectivity index (χ1v) is 10.9. The molecule has 10 heteroatoms. The second kappa shape index (κ2) is 7.39. The minimum atomic E-state index is -4.47. The molecular weight excluding hydrogens is 392 g/mol. The fourth-order valence-electron chi connectivity index (χ4n) is 2.33. The van der Waals surface area contributed by atoms with Crippen LogP contribution in [-0.4, -0.2) is 27.8 Å². The van der Waals surface area contributed by atoms with Gasteiger partial charge in [-0.15, -0.1) is 0 Å². The van der Waals surface area contributed by atoms with Gasteiger partial charge in [0.2, 0.25) is 10.0 Å². The number of carbonyl (C=O) groups is 1. The highest BCUT2D eigenvalue weighted by Crippen LogP contribution is 2.24. The maximum absolute atomic E-state index is 12.5. The molecule has 0 fully saturated rings. The second-order valence-corrected chi connectivity index (χ2v) is 9.31. The number of aliphatic hydroxyl groups is 1. The third-order valence-electron chi connectivity index (χ3n) is 4.13. The molecule has 0 aromatic heterocycles. The summed E-state index contributed by atoms with van der Waals surface area (Å²) in [6.45, 7) is 3.42. The monoisotopic (exact) mass is 412 g/mol. The van der Waals surface area contributed by atoms with Crippen molar-refractivity contribution in [1.82, 2.24) is 4.72 Å². The minimum Gasteiger partial charge on any atom is -0.385 e. The lowest BCUT2D eigenvalue weighted by Crippen LogP contribution is -2.32. The van der Waals surface area contributed by atoms with Crippen LogP contribution < -0.4 is 9.86 Å². The molecule has 0 bridgehead atoms. The maximum atomic E-state index is 12.5. The molecule has 2 aromatic carbocycles. The normalized spacial score (nSPS) is 14.4. The molecule has 1 atom stereocenters. The van der Waals surface area contributed by atoms with Crippen molar-refractivity contribution in [3.8, 4) is 0 Å². The first-order valence-electron chi connectivity index (χ1n) is 7.90. The Hall–Kier alpha value is -2.27. The minimum absolute atomic E-state index is 0.0299. The van der Waals surface area contributed by atoms with Crippen molar-refractivity contribution < 1.29 is 26.7 Å². The van der Waals surface area contributed by atoms with Crippen molar-refractivity contribution in [3.05, 3.63) is 59.7 Å². The summed E-state index contributed by atoms with van der Waals surface area (Å²) in [4.78, 5) is 11.1. The smallest absolute Gasteiger partial charge is 0.265 e. The SMILES string of the molecule is CCC(C)(O)c1ccc(C(=O)NS(=O)(=O)c2ccccc2S(N)(=O)=O)cc1. The number of hydrogen-bond acceptors (Lipinski definition) is 6. The predicted molar refractivity (Wildman–Crippen MR) is 98.8 cm³/mol. The van der Waals surface area contributed by atoms with Gasteiger partial charge in [0.05, 0.1) is 5.60 Å². The van der Waals surface area contributed by atoms with E-state index in [1.165, 1.54) is 36.4 Å². The van der Waals surface area contributed by atoms with Crippen LogP contribution in [0.25, 0.3) is 0 Å². The number of nitrogens with two attached hydrogens (primary N) is 1. The van der Waals surface area contributed by atoms with E-state index < -0.39 is 41.3 Å². The quantitative estimate of drug-likeness (QED) is 0.647. The van der Waals surface area contributed by atoms with Crippen molar-refractivity contribution in [2.75, 3.05) is 0 Å². The standard InChI is InChI=1S/C17H20N2O6S2/c1-3-17(2,21)13-10-8-12(9-11-13)16(20)19-27(24,25)15-7-5-4-6-14(15)26(18,22)23/h4-11,21H,3H2,1-2H3,(H,19,20)(H2,18,22,23). The van der Waals surface area contributed by atoms with Crippen molar-refractivity contribution in [2.45, 2.75) is 35.7 Å². The molecule has 0 aliphatic carbocycles. The van der Waals surface area contributed by atoms with Gasteiger partial charge >= 0.3 is 0 Å². The van der Waals surface area contributed by atoms with E-state index in [-0.39, 0.29) is 5.56 Å². The van der Waals surface area contributed by atoms with Gasteiger partial charge < -0.3 is 5.11 Å². The third-order valence-corrected chi connectivity index (χ3v) is 6.62. The van der Waals surface area contributed by atoms with Crippen LogP contribution in [0.4, 0.5) is 0 Å². The summed E-state index contributed by atoms with van der Waals surface area (Å²) in [7, 11) is -8.77. The average molecular weight is 412 g/mol. The van der Waals surface area contributed by atoms with Gasteiger partial charge in [0.15, 0.2) is 0 Å². The number of rotatable bonds is 6. The molecule has 27 heavy (non-hydrogen) atoms. The summed E-state index contributed by atoms with van der Waals surface area (Å²) in [5.41, 5.74) is -0.471. The predicted octanol–water partition coefficient (Wildman–Crippen LogP) is 1.07. The van der Waals surface area contributed by atoms with Crippen LogP contribution in [0.1, 0.15) is 36.2 Å². The number of hydrogen-bond donors (Lipinski definition) is 3. The molecule has 2 aromatic rings. The topological polar surface area (TPSA) is 144 Å². The van der Waals surface area contributed by atoms with Gasteiger partial charge in [-0.25, -0.2) is 26.7 Å². The van der Waals surface area contributed by atoms with Gasteiger partial charge in [-0.2, -0.15) is 0 Å². The number of carbonyl (C=O) groups excluding carboxylic acids is 1. The van der Waals surface area contributed by atoms with Gasteiger partial charge in [-0.1, -0.05) is 31.2 Å². The molecule has 0 aliphatic rings. The summed E-state index contributed by atoms with van der Waals surface area (Å²) in [6, 6.07) is 10.5. The first kappa shape index (κ1) is 21.0. The number of nitrogens with one attached hydrogen (secondary N) is 1. The Morgan fingerprint density at radius 2 is 1.56 bits per heavy atom. The Morgan fingerprint density at radius 3 is 2.04 bits per heavy atom. The summed E-state index contributed by atoms with van der Waals surface area (Å²) in [5, 5.41) is 15.2. The summed E-state index contributed by atoms with van der Waals surface area (Å²) in [6.07, 6.45) is 0.456.